The van der Waals surface area contributed by atoms with Crippen LogP contribution < -0.4 is 5.32 Å². The molecule has 0 amide bonds. The van der Waals surface area contributed by atoms with E-state index in [2.05, 4.69) is 10.3 Å². The third kappa shape index (κ3) is 3.98. The Balaban J connectivity index is 2.63. The van der Waals surface area contributed by atoms with Gasteiger partial charge in [0.2, 0.25) is 0 Å². The van der Waals surface area contributed by atoms with Gasteiger partial charge in [-0.1, -0.05) is 41.7 Å². The maximum absolute atomic E-state index is 8.76. The van der Waals surface area contributed by atoms with Gasteiger partial charge in [0.25, 0.3) is 0 Å². The van der Waals surface area contributed by atoms with Gasteiger partial charge in [-0.3, -0.25) is 0 Å². The molecule has 2 N–H and O–H groups in total. The number of hydrogen-bond acceptors (Lipinski definition) is 3. The largest absolute Gasteiger partial charge is 0.396 e. The van der Waals surface area contributed by atoms with E-state index in [9.17, 15) is 0 Å². The molecular weight excluding hydrogens is 270 g/mol. The number of anilines is 1. The second kappa shape index (κ2) is 6.50. The van der Waals surface area contributed by atoms with Crippen molar-refractivity contribution in [3.05, 3.63) is 21.3 Å². The van der Waals surface area contributed by atoms with Crippen molar-refractivity contribution in [3.63, 3.8) is 0 Å². The molecule has 1 aromatic heterocycles. The summed E-state index contributed by atoms with van der Waals surface area (Å²) >= 11 is 17.5. The molecule has 0 radical (unpaired) electrons. The van der Waals surface area contributed by atoms with Crippen molar-refractivity contribution in [2.75, 3.05) is 18.5 Å². The van der Waals surface area contributed by atoms with Gasteiger partial charge in [0.1, 0.15) is 11.0 Å². The van der Waals surface area contributed by atoms with Crippen LogP contribution in [0, 0.1) is 5.92 Å². The van der Waals surface area contributed by atoms with Gasteiger partial charge in [0.15, 0.2) is 0 Å². The summed E-state index contributed by atoms with van der Waals surface area (Å²) in [7, 11) is 0. The summed E-state index contributed by atoms with van der Waals surface area (Å²) in [5.74, 6) is 0.846. The van der Waals surface area contributed by atoms with E-state index >= 15 is 0 Å². The fourth-order valence-electron chi connectivity index (χ4n) is 1.16. The summed E-state index contributed by atoms with van der Waals surface area (Å²) in [5.41, 5.74) is 0. The summed E-state index contributed by atoms with van der Waals surface area (Å²) < 4.78 is 0. The lowest BCUT2D eigenvalue weighted by Crippen LogP contribution is -2.13. The Kier molecular flexibility index (Phi) is 5.62. The summed E-state index contributed by atoms with van der Waals surface area (Å²) in [6, 6.07) is 1.55. The van der Waals surface area contributed by atoms with Crippen molar-refractivity contribution in [1.82, 2.24) is 4.98 Å². The zero-order chi connectivity index (χ0) is 12.1. The lowest BCUT2D eigenvalue weighted by atomic mass is 10.1. The fraction of sp³-hybridized carbons (Fsp3) is 0.500. The molecule has 0 bridgehead atoms. The van der Waals surface area contributed by atoms with E-state index in [1.54, 1.807) is 6.07 Å². The molecule has 0 aliphatic rings. The first-order valence-electron chi connectivity index (χ1n) is 4.91. The van der Waals surface area contributed by atoms with Crippen LogP contribution in [-0.4, -0.2) is 23.2 Å². The van der Waals surface area contributed by atoms with Crippen molar-refractivity contribution in [2.45, 2.75) is 13.3 Å². The highest BCUT2D eigenvalue weighted by molar-refractivity contribution is 6.42. The molecule has 6 heteroatoms. The Morgan fingerprint density at radius 3 is 2.69 bits per heavy atom. The van der Waals surface area contributed by atoms with Crippen LogP contribution in [0.1, 0.15) is 13.3 Å². The SMILES string of the molecule is CC(CCO)CNc1nc(Cl)c(Cl)cc1Cl. The molecular formula is C10H13Cl3N2O. The number of aliphatic hydroxyl groups excluding tert-OH is 1. The standard InChI is InChI=1S/C10H13Cl3N2O/c1-6(2-3-16)5-14-10-8(12)4-7(11)9(13)15-10/h4,6,16H,2-3,5H2,1H3,(H,14,15). The van der Waals surface area contributed by atoms with Crippen molar-refractivity contribution in [3.8, 4) is 0 Å². The Hall–Kier alpha value is -0.220. The van der Waals surface area contributed by atoms with Gasteiger partial charge in [0, 0.05) is 13.2 Å². The average Bonchev–Trinajstić information content (AvgIpc) is 2.22. The minimum absolute atomic E-state index is 0.172. The summed E-state index contributed by atoms with van der Waals surface area (Å²) in [6.45, 7) is 2.87. The summed E-state index contributed by atoms with van der Waals surface area (Å²) in [5, 5.41) is 12.8. The maximum Gasteiger partial charge on any atom is 0.150 e. The summed E-state index contributed by atoms with van der Waals surface area (Å²) in [6.07, 6.45) is 0.728. The lowest BCUT2D eigenvalue weighted by molar-refractivity contribution is 0.266. The molecule has 90 valence electrons. The van der Waals surface area contributed by atoms with E-state index < -0.39 is 0 Å². The van der Waals surface area contributed by atoms with Gasteiger partial charge < -0.3 is 10.4 Å². The van der Waals surface area contributed by atoms with E-state index in [0.29, 0.717) is 28.3 Å². The molecule has 1 aromatic rings. The molecule has 0 spiro atoms. The van der Waals surface area contributed by atoms with Gasteiger partial charge >= 0.3 is 0 Å². The molecule has 3 nitrogen and oxygen atoms in total. The molecule has 1 atom stereocenters. The molecule has 0 aliphatic heterocycles. The highest BCUT2D eigenvalue weighted by Crippen LogP contribution is 2.28. The van der Waals surface area contributed by atoms with Crippen molar-refractivity contribution in [1.29, 1.82) is 0 Å². The van der Waals surface area contributed by atoms with Gasteiger partial charge in [-0.15, -0.1) is 0 Å². The van der Waals surface area contributed by atoms with Gasteiger partial charge in [-0.05, 0) is 18.4 Å². The minimum atomic E-state index is 0.172. The van der Waals surface area contributed by atoms with E-state index in [0.717, 1.165) is 6.42 Å². The molecule has 0 aromatic carbocycles. The first-order chi connectivity index (χ1) is 7.54. The predicted molar refractivity (Wildman–Crippen MR) is 68.6 cm³/mol. The first-order valence-corrected chi connectivity index (χ1v) is 6.04. The number of halogens is 3. The molecule has 1 unspecified atom stereocenters. The molecule has 1 heterocycles. The smallest absolute Gasteiger partial charge is 0.150 e. The molecule has 0 saturated heterocycles. The normalized spacial score (nSPS) is 12.6. The van der Waals surface area contributed by atoms with Gasteiger partial charge in [0.05, 0.1) is 10.0 Å². The van der Waals surface area contributed by atoms with Gasteiger partial charge in [-0.2, -0.15) is 0 Å². The van der Waals surface area contributed by atoms with Crippen molar-refractivity contribution < 1.29 is 5.11 Å². The second-order valence-corrected chi connectivity index (χ2v) is 4.76. The molecule has 1 rings (SSSR count). The van der Waals surface area contributed by atoms with Crippen LogP contribution in [0.4, 0.5) is 5.82 Å². The zero-order valence-corrected chi connectivity index (χ0v) is 11.1. The predicted octanol–water partition coefficient (Wildman–Crippen LogP) is 3.47. The molecule has 0 saturated carbocycles. The number of hydrogen-bond donors (Lipinski definition) is 2. The number of pyridine rings is 1. The quantitative estimate of drug-likeness (QED) is 0.813. The fourth-order valence-corrected chi connectivity index (χ4v) is 1.73. The van der Waals surface area contributed by atoms with Crippen LogP contribution in [-0.2, 0) is 0 Å². The second-order valence-electron chi connectivity index (χ2n) is 3.59. The van der Waals surface area contributed by atoms with Crippen molar-refractivity contribution in [2.24, 2.45) is 5.92 Å². The Morgan fingerprint density at radius 1 is 1.38 bits per heavy atom. The van der Waals surface area contributed by atoms with E-state index in [4.69, 9.17) is 39.9 Å². The highest BCUT2D eigenvalue weighted by atomic mass is 35.5. The Morgan fingerprint density at radius 2 is 2.06 bits per heavy atom. The number of aromatic nitrogens is 1. The summed E-state index contributed by atoms with van der Waals surface area (Å²) in [4.78, 5) is 4.03. The topological polar surface area (TPSA) is 45.1 Å². The number of aliphatic hydroxyl groups is 1. The van der Waals surface area contributed by atoms with Gasteiger partial charge in [-0.25, -0.2) is 4.98 Å². The van der Waals surface area contributed by atoms with E-state index in [1.165, 1.54) is 0 Å². The lowest BCUT2D eigenvalue weighted by Gasteiger charge is -2.13. The third-order valence-corrected chi connectivity index (χ3v) is 3.09. The van der Waals surface area contributed by atoms with Crippen LogP contribution in [0.2, 0.25) is 15.2 Å². The average molecular weight is 284 g/mol. The number of rotatable bonds is 5. The minimum Gasteiger partial charge on any atom is -0.396 e. The Labute approximate surface area is 110 Å². The number of nitrogens with zero attached hydrogens (tertiary/aromatic N) is 1. The molecule has 0 fully saturated rings. The van der Waals surface area contributed by atoms with E-state index in [1.807, 2.05) is 6.92 Å². The van der Waals surface area contributed by atoms with Crippen LogP contribution >= 0.6 is 34.8 Å². The zero-order valence-electron chi connectivity index (χ0n) is 8.80. The van der Waals surface area contributed by atoms with Crippen LogP contribution in [0.5, 0.6) is 0 Å². The van der Waals surface area contributed by atoms with Crippen molar-refractivity contribution >= 4 is 40.6 Å². The third-order valence-electron chi connectivity index (χ3n) is 2.13. The Bertz CT molecular complexity index is 360. The van der Waals surface area contributed by atoms with Crippen LogP contribution in [0.3, 0.4) is 0 Å². The van der Waals surface area contributed by atoms with E-state index in [-0.39, 0.29) is 11.8 Å². The molecule has 16 heavy (non-hydrogen) atoms. The number of nitrogens with one attached hydrogen (secondary N) is 1. The first kappa shape index (κ1) is 13.8. The molecule has 0 aliphatic carbocycles. The monoisotopic (exact) mass is 282 g/mol. The maximum atomic E-state index is 8.76. The highest BCUT2D eigenvalue weighted by Gasteiger charge is 2.08. The van der Waals surface area contributed by atoms with Crippen LogP contribution in [0.15, 0.2) is 6.07 Å². The van der Waals surface area contributed by atoms with Crippen LogP contribution in [0.25, 0.3) is 0 Å².